The van der Waals surface area contributed by atoms with Gasteiger partial charge in [0.15, 0.2) is 11.5 Å². The molecule has 1 aromatic carbocycles. The maximum absolute atomic E-state index is 12.0. The Kier molecular flexibility index (Phi) is 5.90. The molecule has 0 saturated heterocycles. The third kappa shape index (κ3) is 4.81. The van der Waals surface area contributed by atoms with Crippen molar-refractivity contribution < 1.29 is 14.0 Å². The Bertz CT molecular complexity index is 776. The zero-order valence-electron chi connectivity index (χ0n) is 13.8. The first kappa shape index (κ1) is 17.5. The number of carbonyl (C=O) groups is 2. The van der Waals surface area contributed by atoms with E-state index >= 15 is 0 Å². The number of fused-ring (bicyclic) bond motifs is 1. The molecule has 0 aliphatic rings. The second-order valence-electron chi connectivity index (χ2n) is 5.50. The molecule has 0 aliphatic heterocycles. The number of nitrogens with one attached hydrogen (secondary N) is 2. The second-order valence-corrected chi connectivity index (χ2v) is 5.50. The Hall–Kier alpha value is -2.88. The first-order valence-corrected chi connectivity index (χ1v) is 7.85. The van der Waals surface area contributed by atoms with Crippen molar-refractivity contribution in [1.29, 1.82) is 5.26 Å². The molecule has 7 heteroatoms. The number of hydrogen-bond donors (Lipinski definition) is 2. The summed E-state index contributed by atoms with van der Waals surface area (Å²) in [6.45, 7) is 3.66. The Labute approximate surface area is 140 Å². The van der Waals surface area contributed by atoms with E-state index in [-0.39, 0.29) is 37.1 Å². The maximum Gasteiger partial charge on any atom is 0.224 e. The van der Waals surface area contributed by atoms with Crippen molar-refractivity contribution in [3.8, 4) is 6.07 Å². The molecule has 0 radical (unpaired) electrons. The minimum absolute atomic E-state index is 0.0741. The monoisotopic (exact) mass is 328 g/mol. The van der Waals surface area contributed by atoms with Crippen molar-refractivity contribution in [3.05, 3.63) is 24.1 Å². The van der Waals surface area contributed by atoms with Gasteiger partial charge in [0.25, 0.3) is 0 Å². The first-order chi connectivity index (χ1) is 11.5. The molecule has 0 saturated carbocycles. The lowest BCUT2D eigenvalue weighted by Crippen LogP contribution is -2.34. The van der Waals surface area contributed by atoms with Crippen LogP contribution in [-0.2, 0) is 9.59 Å². The third-order valence-electron chi connectivity index (χ3n) is 3.55. The number of aryl methyl sites for hydroxylation is 1. The molecule has 0 fully saturated rings. The highest BCUT2D eigenvalue weighted by Crippen LogP contribution is 2.19. The molecule has 2 aromatic rings. The van der Waals surface area contributed by atoms with Crippen molar-refractivity contribution in [3.63, 3.8) is 0 Å². The summed E-state index contributed by atoms with van der Waals surface area (Å²) >= 11 is 0. The second kappa shape index (κ2) is 8.11. The normalized spacial score (nSPS) is 11.7. The van der Waals surface area contributed by atoms with Gasteiger partial charge in [-0.05, 0) is 24.6 Å². The van der Waals surface area contributed by atoms with E-state index in [9.17, 15) is 9.59 Å². The largest absolute Gasteiger partial charge is 0.441 e. The molecule has 2 N–H and O–H groups in total. The number of nitriles is 1. The standard InChI is InChI=1S/C17H20N4O3/c1-3-12(8-9-18)20-16(22)6-7-17(23)21-13-4-5-15-14(10-13)19-11(2)24-15/h4-5,10,12H,3,6-8H2,1-2H3,(H,20,22)(H,21,23). The summed E-state index contributed by atoms with van der Waals surface area (Å²) in [5, 5.41) is 14.2. The Balaban J connectivity index is 1.83. The van der Waals surface area contributed by atoms with Crippen LogP contribution in [-0.4, -0.2) is 22.8 Å². The van der Waals surface area contributed by atoms with Crippen LogP contribution in [0.25, 0.3) is 11.1 Å². The Morgan fingerprint density at radius 1 is 1.33 bits per heavy atom. The summed E-state index contributed by atoms with van der Waals surface area (Å²) in [7, 11) is 0. The fourth-order valence-corrected chi connectivity index (χ4v) is 2.28. The smallest absolute Gasteiger partial charge is 0.224 e. The average Bonchev–Trinajstić information content (AvgIpc) is 2.91. The molecule has 7 nitrogen and oxygen atoms in total. The van der Waals surface area contributed by atoms with Gasteiger partial charge in [0.05, 0.1) is 12.5 Å². The van der Waals surface area contributed by atoms with Crippen molar-refractivity contribution in [2.45, 2.75) is 45.6 Å². The summed E-state index contributed by atoms with van der Waals surface area (Å²) in [6.07, 6.45) is 1.11. The van der Waals surface area contributed by atoms with Gasteiger partial charge in [-0.2, -0.15) is 5.26 Å². The number of rotatable bonds is 7. The van der Waals surface area contributed by atoms with E-state index in [0.717, 1.165) is 0 Å². The average molecular weight is 328 g/mol. The molecule has 0 bridgehead atoms. The maximum atomic E-state index is 12.0. The summed E-state index contributed by atoms with van der Waals surface area (Å²) in [6, 6.07) is 7.06. The van der Waals surface area contributed by atoms with Gasteiger partial charge in [-0.25, -0.2) is 4.98 Å². The molecule has 1 aromatic heterocycles. The van der Waals surface area contributed by atoms with Crippen LogP contribution in [0.15, 0.2) is 22.6 Å². The van der Waals surface area contributed by atoms with Gasteiger partial charge in [0, 0.05) is 31.5 Å². The van der Waals surface area contributed by atoms with Gasteiger partial charge in [-0.15, -0.1) is 0 Å². The van der Waals surface area contributed by atoms with Gasteiger partial charge in [0.2, 0.25) is 11.8 Å². The van der Waals surface area contributed by atoms with Crippen LogP contribution in [0.1, 0.15) is 38.5 Å². The summed E-state index contributed by atoms with van der Waals surface area (Å²) in [4.78, 5) is 28.0. The Morgan fingerprint density at radius 3 is 2.79 bits per heavy atom. The molecule has 2 rings (SSSR count). The van der Waals surface area contributed by atoms with Crippen LogP contribution in [0.4, 0.5) is 5.69 Å². The molecular weight excluding hydrogens is 308 g/mol. The van der Waals surface area contributed by atoms with Crippen LogP contribution in [0.3, 0.4) is 0 Å². The van der Waals surface area contributed by atoms with Crippen molar-refractivity contribution in [1.82, 2.24) is 10.3 Å². The highest BCUT2D eigenvalue weighted by atomic mass is 16.3. The zero-order chi connectivity index (χ0) is 17.5. The lowest BCUT2D eigenvalue weighted by Gasteiger charge is -2.13. The number of carbonyl (C=O) groups excluding carboxylic acids is 2. The van der Waals surface area contributed by atoms with E-state index in [0.29, 0.717) is 29.1 Å². The highest BCUT2D eigenvalue weighted by Gasteiger charge is 2.12. The van der Waals surface area contributed by atoms with Gasteiger partial charge in [0.1, 0.15) is 5.52 Å². The van der Waals surface area contributed by atoms with Crippen LogP contribution >= 0.6 is 0 Å². The molecule has 126 valence electrons. The van der Waals surface area contributed by atoms with Gasteiger partial charge >= 0.3 is 0 Å². The molecular formula is C17H20N4O3. The molecule has 24 heavy (non-hydrogen) atoms. The minimum atomic E-state index is -0.252. The highest BCUT2D eigenvalue weighted by molar-refractivity contribution is 5.94. The van der Waals surface area contributed by atoms with Crippen LogP contribution < -0.4 is 10.6 Å². The van der Waals surface area contributed by atoms with Crippen molar-refractivity contribution in [2.24, 2.45) is 0 Å². The minimum Gasteiger partial charge on any atom is -0.441 e. The number of anilines is 1. The van der Waals surface area contributed by atoms with E-state index in [4.69, 9.17) is 9.68 Å². The number of oxazole rings is 1. The molecule has 1 unspecified atom stereocenters. The van der Waals surface area contributed by atoms with E-state index < -0.39 is 0 Å². The van der Waals surface area contributed by atoms with Crippen molar-refractivity contribution >= 4 is 28.6 Å². The van der Waals surface area contributed by atoms with E-state index in [2.05, 4.69) is 15.6 Å². The molecule has 0 spiro atoms. The molecule has 0 aliphatic carbocycles. The lowest BCUT2D eigenvalue weighted by molar-refractivity contribution is -0.124. The fraction of sp³-hybridized carbons (Fsp3) is 0.412. The van der Waals surface area contributed by atoms with E-state index in [1.54, 1.807) is 25.1 Å². The molecule has 2 amide bonds. The van der Waals surface area contributed by atoms with Gasteiger partial charge in [-0.1, -0.05) is 6.92 Å². The van der Waals surface area contributed by atoms with Crippen LogP contribution in [0.2, 0.25) is 0 Å². The first-order valence-electron chi connectivity index (χ1n) is 7.85. The lowest BCUT2D eigenvalue weighted by atomic mass is 10.1. The van der Waals surface area contributed by atoms with E-state index in [1.165, 1.54) is 0 Å². The SMILES string of the molecule is CCC(CC#N)NC(=O)CCC(=O)Nc1ccc2oc(C)nc2c1. The van der Waals surface area contributed by atoms with Crippen LogP contribution in [0, 0.1) is 18.3 Å². The third-order valence-corrected chi connectivity index (χ3v) is 3.55. The van der Waals surface area contributed by atoms with Gasteiger partial charge < -0.3 is 15.1 Å². The van der Waals surface area contributed by atoms with Gasteiger partial charge in [-0.3, -0.25) is 9.59 Å². The zero-order valence-corrected chi connectivity index (χ0v) is 13.8. The number of benzene rings is 1. The molecule has 1 heterocycles. The summed E-state index contributed by atoms with van der Waals surface area (Å²) in [5.74, 6) is 0.0841. The van der Waals surface area contributed by atoms with Crippen molar-refractivity contribution in [2.75, 3.05) is 5.32 Å². The Morgan fingerprint density at radius 2 is 2.08 bits per heavy atom. The predicted octanol–water partition coefficient (Wildman–Crippen LogP) is 2.66. The van der Waals surface area contributed by atoms with E-state index in [1.807, 2.05) is 13.0 Å². The summed E-state index contributed by atoms with van der Waals surface area (Å²) in [5.41, 5.74) is 1.94. The molecule has 1 atom stereocenters. The number of nitrogens with zero attached hydrogens (tertiary/aromatic N) is 2. The predicted molar refractivity (Wildman–Crippen MR) is 89.1 cm³/mol. The quantitative estimate of drug-likeness (QED) is 0.812. The fourth-order valence-electron chi connectivity index (χ4n) is 2.28. The van der Waals surface area contributed by atoms with Crippen LogP contribution in [0.5, 0.6) is 0 Å². The number of hydrogen-bond acceptors (Lipinski definition) is 5. The topological polar surface area (TPSA) is 108 Å². The number of aromatic nitrogens is 1. The summed E-state index contributed by atoms with van der Waals surface area (Å²) < 4.78 is 5.37. The number of amides is 2.